The van der Waals surface area contributed by atoms with Crippen LogP contribution in [-0.4, -0.2) is 8.07 Å². The van der Waals surface area contributed by atoms with Crippen molar-refractivity contribution in [3.05, 3.63) is 14.9 Å². The average molecular weight is 567 g/mol. The molecule has 0 aromatic carbocycles. The third kappa shape index (κ3) is 6.88. The number of fused-ring (bicyclic) bond motifs is 2. The van der Waals surface area contributed by atoms with Gasteiger partial charge in [-0.2, -0.15) is 0 Å². The zero-order chi connectivity index (χ0) is 21.0. The van der Waals surface area contributed by atoms with Crippen LogP contribution in [0.15, 0.2) is 0 Å². The first kappa shape index (κ1) is 30.7. The molecule has 0 heterocycles. The van der Waals surface area contributed by atoms with Crippen LogP contribution in [0, 0.1) is 50.4 Å². The van der Waals surface area contributed by atoms with Crippen LogP contribution in [-0.2, 0) is 20.8 Å². The Morgan fingerprint density at radius 1 is 0.839 bits per heavy atom. The minimum absolute atomic E-state index is 0. The van der Waals surface area contributed by atoms with E-state index in [2.05, 4.69) is 26.9 Å². The molecule has 0 bridgehead atoms. The van der Waals surface area contributed by atoms with Gasteiger partial charge in [-0.25, -0.2) is 0 Å². The second-order valence-electron chi connectivity index (χ2n) is 11.7. The van der Waals surface area contributed by atoms with Crippen LogP contribution in [0.1, 0.15) is 97.3 Å². The summed E-state index contributed by atoms with van der Waals surface area (Å²) in [5, 5.41) is 0. The molecule has 0 aromatic rings. The molecule has 4 heteroatoms. The van der Waals surface area contributed by atoms with Crippen LogP contribution in [0.4, 0.5) is 0 Å². The molecule has 0 spiro atoms. The number of hydrogen-bond acceptors (Lipinski definition) is 0. The summed E-state index contributed by atoms with van der Waals surface area (Å²) in [4.78, 5) is 0. The van der Waals surface area contributed by atoms with Gasteiger partial charge in [0, 0.05) is 0 Å². The Morgan fingerprint density at radius 2 is 1.39 bits per heavy atom. The topological polar surface area (TPSA) is 0 Å². The molecule has 31 heavy (non-hydrogen) atoms. The fourth-order valence-corrected chi connectivity index (χ4v) is 15.2. The molecule has 0 amide bonds. The monoisotopic (exact) mass is 564 g/mol. The molecular formula is C27H52Cl2SiZr. The molecule has 0 saturated heterocycles. The summed E-state index contributed by atoms with van der Waals surface area (Å²) in [5.74, 6) is 6.68. The van der Waals surface area contributed by atoms with Gasteiger partial charge in [0.2, 0.25) is 0 Å². The fourth-order valence-electron chi connectivity index (χ4n) is 9.18. The number of unbranched alkanes of at least 4 members (excludes halogenated alkanes) is 1. The van der Waals surface area contributed by atoms with Crippen molar-refractivity contribution in [2.45, 2.75) is 121 Å². The van der Waals surface area contributed by atoms with Crippen LogP contribution < -0.4 is 0 Å². The van der Waals surface area contributed by atoms with Crippen molar-refractivity contribution in [1.82, 2.24) is 0 Å². The summed E-state index contributed by atoms with van der Waals surface area (Å²) < 4.78 is 0. The molecule has 0 aromatic heterocycles. The maximum atomic E-state index is 4.93. The Morgan fingerprint density at radius 3 is 2.00 bits per heavy atom. The third-order valence-electron chi connectivity index (χ3n) is 10.0. The third-order valence-corrected chi connectivity index (χ3v) is 15.3. The summed E-state index contributed by atoms with van der Waals surface area (Å²) in [6.45, 7) is 10.8. The SMILES string of the molecule is CCCCC1CC([Si](C)(C)C2C(C)CC3CCCCC32)C2CCCCC12.[CH3-].[CH3-].[Cl][Zr+2][Cl]. The van der Waals surface area contributed by atoms with Crippen LogP contribution in [0.2, 0.25) is 24.2 Å². The molecule has 182 valence electrons. The number of hydrogen-bond donors (Lipinski definition) is 0. The molecule has 8 unspecified atom stereocenters. The molecule has 4 saturated carbocycles. The van der Waals surface area contributed by atoms with Crippen LogP contribution in [0.25, 0.3) is 0 Å². The molecular weight excluding hydrogens is 515 g/mol. The molecule has 4 aliphatic carbocycles. The molecule has 0 N–H and O–H groups in total. The van der Waals surface area contributed by atoms with Gasteiger partial charge in [-0.15, -0.1) is 0 Å². The Bertz CT molecular complexity index is 500. The van der Waals surface area contributed by atoms with Crippen LogP contribution in [0.3, 0.4) is 0 Å². The molecule has 0 aliphatic heterocycles. The maximum absolute atomic E-state index is 4.93. The van der Waals surface area contributed by atoms with E-state index in [4.69, 9.17) is 17.0 Å². The van der Waals surface area contributed by atoms with Gasteiger partial charge in [-0.05, 0) is 65.9 Å². The Labute approximate surface area is 216 Å². The Hall–Kier alpha value is 1.68. The first-order valence-electron chi connectivity index (χ1n) is 12.9. The van der Waals surface area contributed by atoms with Gasteiger partial charge in [-0.3, -0.25) is 0 Å². The summed E-state index contributed by atoms with van der Waals surface area (Å²) in [6, 6.07) is 0. The van der Waals surface area contributed by atoms with Gasteiger partial charge in [0.05, 0.1) is 8.07 Å². The van der Waals surface area contributed by atoms with Crippen molar-refractivity contribution in [2.24, 2.45) is 35.5 Å². The van der Waals surface area contributed by atoms with Crippen LogP contribution in [0.5, 0.6) is 0 Å². The van der Waals surface area contributed by atoms with Gasteiger partial charge in [0.25, 0.3) is 0 Å². The zero-order valence-electron chi connectivity index (χ0n) is 21.6. The quantitative estimate of drug-likeness (QED) is 0.229. The van der Waals surface area contributed by atoms with Crippen molar-refractivity contribution >= 4 is 25.1 Å². The first-order chi connectivity index (χ1) is 14.0. The van der Waals surface area contributed by atoms with E-state index in [1.54, 1.807) is 64.2 Å². The second kappa shape index (κ2) is 14.3. The van der Waals surface area contributed by atoms with Crippen molar-refractivity contribution < 1.29 is 20.8 Å². The Balaban J connectivity index is 0.000000910. The predicted octanol–water partition coefficient (Wildman–Crippen LogP) is 10.6. The van der Waals surface area contributed by atoms with Crippen molar-refractivity contribution in [3.8, 4) is 0 Å². The molecule has 0 nitrogen and oxygen atoms in total. The number of halogens is 2. The summed E-state index contributed by atoms with van der Waals surface area (Å²) in [7, 11) is 8.67. The van der Waals surface area contributed by atoms with Crippen molar-refractivity contribution in [2.75, 3.05) is 0 Å². The van der Waals surface area contributed by atoms with Gasteiger partial charge >= 0.3 is 37.9 Å². The van der Waals surface area contributed by atoms with Gasteiger partial charge < -0.3 is 14.9 Å². The van der Waals surface area contributed by atoms with E-state index < -0.39 is 28.9 Å². The second-order valence-corrected chi connectivity index (χ2v) is 20.5. The van der Waals surface area contributed by atoms with Gasteiger partial charge in [0.15, 0.2) is 0 Å². The molecule has 8 atom stereocenters. The zero-order valence-corrected chi connectivity index (χ0v) is 26.5. The van der Waals surface area contributed by atoms with E-state index in [9.17, 15) is 0 Å². The van der Waals surface area contributed by atoms with Gasteiger partial charge in [0.1, 0.15) is 0 Å². The Kier molecular flexibility index (Phi) is 14.2. The average Bonchev–Trinajstić information content (AvgIpc) is 3.25. The summed E-state index contributed by atoms with van der Waals surface area (Å²) in [6.07, 6.45) is 20.2. The molecule has 0 radical (unpaired) electrons. The summed E-state index contributed by atoms with van der Waals surface area (Å²) in [5.41, 5.74) is 2.33. The molecule has 4 rings (SSSR count). The van der Waals surface area contributed by atoms with Crippen molar-refractivity contribution in [3.63, 3.8) is 0 Å². The van der Waals surface area contributed by atoms with Crippen LogP contribution >= 0.6 is 17.0 Å². The van der Waals surface area contributed by atoms with Gasteiger partial charge in [-0.1, -0.05) is 91.1 Å². The normalized spacial score (nSPS) is 39.0. The molecule has 4 aliphatic rings. The fraction of sp³-hybridized carbons (Fsp3) is 0.926. The van der Waals surface area contributed by atoms with E-state index in [1.807, 2.05) is 0 Å². The molecule has 4 fully saturated rings. The van der Waals surface area contributed by atoms with Crippen molar-refractivity contribution in [1.29, 1.82) is 0 Å². The number of rotatable bonds is 5. The van der Waals surface area contributed by atoms with E-state index >= 15 is 0 Å². The van der Waals surface area contributed by atoms with E-state index in [0.717, 1.165) is 41.0 Å². The van der Waals surface area contributed by atoms with E-state index in [0.29, 0.717) is 0 Å². The summed E-state index contributed by atoms with van der Waals surface area (Å²) >= 11 is -0.826. The first-order valence-corrected chi connectivity index (χ1v) is 22.4. The van der Waals surface area contributed by atoms with E-state index in [1.165, 1.54) is 24.8 Å². The standard InChI is InChI=1S/C25H46Si.2CH3.2ClH.Zr/c1-5-6-11-20-17-24(23-15-10-9-13-21(20)23)26(3,4)25-18(2)16-19-12-7-8-14-22(19)25;;;;;/h18-25H,5-17H2,1-4H3;2*1H3;2*1H;/q;2*-1;;;+4/p-2. The van der Waals surface area contributed by atoms with E-state index in [-0.39, 0.29) is 14.9 Å². The minimum atomic E-state index is -1.20. The predicted molar refractivity (Wildman–Crippen MR) is 142 cm³/mol.